The van der Waals surface area contributed by atoms with Crippen molar-refractivity contribution >= 4 is 0 Å². The summed E-state index contributed by atoms with van der Waals surface area (Å²) in [5, 5.41) is 3.76. The Morgan fingerprint density at radius 2 is 2.00 bits per heavy atom. The van der Waals surface area contributed by atoms with Gasteiger partial charge in [-0.25, -0.2) is 0 Å². The molecule has 0 amide bonds. The molecule has 20 heavy (non-hydrogen) atoms. The number of nitrogens with zero attached hydrogens (tertiary/aromatic N) is 1. The summed E-state index contributed by atoms with van der Waals surface area (Å²) in [5.74, 6) is 0. The van der Waals surface area contributed by atoms with Gasteiger partial charge in [-0.05, 0) is 45.0 Å². The molecule has 2 heterocycles. The molecule has 110 valence electrons. The van der Waals surface area contributed by atoms with E-state index in [9.17, 15) is 0 Å². The van der Waals surface area contributed by atoms with E-state index in [-0.39, 0.29) is 0 Å². The molecule has 3 heteroatoms. The molecule has 1 N–H and O–H groups in total. The van der Waals surface area contributed by atoms with Crippen molar-refractivity contribution in [1.29, 1.82) is 0 Å². The molecule has 0 saturated carbocycles. The summed E-state index contributed by atoms with van der Waals surface area (Å²) in [7, 11) is 2.23. The predicted molar refractivity (Wildman–Crippen MR) is 82.1 cm³/mol. The Balaban J connectivity index is 1.73. The van der Waals surface area contributed by atoms with Crippen LogP contribution in [-0.4, -0.2) is 50.8 Å². The van der Waals surface area contributed by atoms with Crippen LogP contribution in [0.1, 0.15) is 24.8 Å². The lowest BCUT2D eigenvalue weighted by molar-refractivity contribution is 0.169. The fourth-order valence-corrected chi connectivity index (χ4v) is 3.44. The van der Waals surface area contributed by atoms with Crippen molar-refractivity contribution in [3.8, 4) is 0 Å². The molecule has 0 aromatic heterocycles. The molecular formula is C17H26N2O. The average molecular weight is 274 g/mol. The maximum atomic E-state index is 5.48. The summed E-state index contributed by atoms with van der Waals surface area (Å²) in [6.07, 6.45) is 3.65. The van der Waals surface area contributed by atoms with Crippen LogP contribution >= 0.6 is 0 Å². The number of hydrogen-bond donors (Lipinski definition) is 1. The fraction of sp³-hybridized carbons (Fsp3) is 0.647. The zero-order valence-corrected chi connectivity index (χ0v) is 12.5. The first-order chi connectivity index (χ1) is 9.78. The first kappa shape index (κ1) is 14.1. The van der Waals surface area contributed by atoms with Crippen LogP contribution in [0, 0.1) is 0 Å². The van der Waals surface area contributed by atoms with E-state index in [0.717, 1.165) is 26.2 Å². The second kappa shape index (κ2) is 6.25. The summed E-state index contributed by atoms with van der Waals surface area (Å²) < 4.78 is 5.48. The van der Waals surface area contributed by atoms with Gasteiger partial charge >= 0.3 is 0 Å². The van der Waals surface area contributed by atoms with Gasteiger partial charge < -0.3 is 15.0 Å². The minimum absolute atomic E-state index is 0.302. The molecule has 1 atom stereocenters. The van der Waals surface area contributed by atoms with Gasteiger partial charge in [0.05, 0.1) is 6.61 Å². The fourth-order valence-electron chi connectivity index (χ4n) is 3.44. The Hall–Kier alpha value is -0.900. The molecule has 0 unspecified atom stereocenters. The van der Waals surface area contributed by atoms with Gasteiger partial charge in [0.2, 0.25) is 0 Å². The van der Waals surface area contributed by atoms with Crippen molar-refractivity contribution in [2.45, 2.75) is 30.7 Å². The van der Waals surface area contributed by atoms with E-state index in [1.165, 1.54) is 31.5 Å². The standard InChI is InChI=1S/C17H26N2O/c1-19-10-8-17(9-11-19,15-5-3-2-4-6-15)14-18-16-7-12-20-13-16/h2-6,16,18H,7-14H2,1H3/t16-/m0/s1. The van der Waals surface area contributed by atoms with E-state index in [1.807, 2.05) is 0 Å². The van der Waals surface area contributed by atoms with E-state index in [0.29, 0.717) is 11.5 Å². The number of benzene rings is 1. The Kier molecular flexibility index (Phi) is 4.39. The van der Waals surface area contributed by atoms with Crippen LogP contribution < -0.4 is 5.32 Å². The number of hydrogen-bond acceptors (Lipinski definition) is 3. The van der Waals surface area contributed by atoms with E-state index >= 15 is 0 Å². The van der Waals surface area contributed by atoms with Crippen LogP contribution in [-0.2, 0) is 10.2 Å². The average Bonchev–Trinajstić information content (AvgIpc) is 3.01. The van der Waals surface area contributed by atoms with Crippen molar-refractivity contribution in [3.63, 3.8) is 0 Å². The first-order valence-corrected chi connectivity index (χ1v) is 7.84. The van der Waals surface area contributed by atoms with Crippen LogP contribution in [0.5, 0.6) is 0 Å². The molecule has 2 aliphatic heterocycles. The van der Waals surface area contributed by atoms with Crippen molar-refractivity contribution in [2.75, 3.05) is 39.9 Å². The smallest absolute Gasteiger partial charge is 0.0620 e. The molecule has 0 aliphatic carbocycles. The lowest BCUT2D eigenvalue weighted by Crippen LogP contribution is -2.49. The van der Waals surface area contributed by atoms with Crippen LogP contribution in [0.25, 0.3) is 0 Å². The lowest BCUT2D eigenvalue weighted by atomic mass is 9.72. The Morgan fingerprint density at radius 1 is 1.25 bits per heavy atom. The number of rotatable bonds is 4. The number of piperidine rings is 1. The third-order valence-corrected chi connectivity index (χ3v) is 4.99. The third kappa shape index (κ3) is 3.05. The summed E-state index contributed by atoms with van der Waals surface area (Å²) in [4.78, 5) is 2.44. The van der Waals surface area contributed by atoms with Gasteiger partial charge in [0.1, 0.15) is 0 Å². The molecule has 0 spiro atoms. The van der Waals surface area contributed by atoms with Gasteiger partial charge in [0.25, 0.3) is 0 Å². The Bertz CT molecular complexity index is 406. The van der Waals surface area contributed by atoms with E-state index < -0.39 is 0 Å². The van der Waals surface area contributed by atoms with Gasteiger partial charge in [-0.2, -0.15) is 0 Å². The van der Waals surface area contributed by atoms with Gasteiger partial charge in [-0.1, -0.05) is 30.3 Å². The highest BCUT2D eigenvalue weighted by molar-refractivity contribution is 5.27. The molecular weight excluding hydrogens is 248 g/mol. The molecule has 1 aromatic carbocycles. The zero-order chi connectivity index (χ0) is 13.8. The minimum Gasteiger partial charge on any atom is -0.380 e. The highest BCUT2D eigenvalue weighted by Crippen LogP contribution is 2.34. The second-order valence-corrected chi connectivity index (χ2v) is 6.39. The summed E-state index contributed by atoms with van der Waals surface area (Å²) in [6, 6.07) is 11.6. The molecule has 0 radical (unpaired) electrons. The highest BCUT2D eigenvalue weighted by Gasteiger charge is 2.35. The van der Waals surface area contributed by atoms with Gasteiger partial charge in [0, 0.05) is 24.6 Å². The highest BCUT2D eigenvalue weighted by atomic mass is 16.5. The Morgan fingerprint density at radius 3 is 2.65 bits per heavy atom. The van der Waals surface area contributed by atoms with Crippen LogP contribution in [0.4, 0.5) is 0 Å². The molecule has 2 fully saturated rings. The maximum Gasteiger partial charge on any atom is 0.0620 e. The molecule has 3 rings (SSSR count). The molecule has 2 saturated heterocycles. The first-order valence-electron chi connectivity index (χ1n) is 7.84. The molecule has 2 aliphatic rings. The van der Waals surface area contributed by atoms with E-state index in [2.05, 4.69) is 47.6 Å². The number of nitrogens with one attached hydrogen (secondary N) is 1. The monoisotopic (exact) mass is 274 g/mol. The summed E-state index contributed by atoms with van der Waals surface area (Å²) >= 11 is 0. The summed E-state index contributed by atoms with van der Waals surface area (Å²) in [5.41, 5.74) is 1.80. The van der Waals surface area contributed by atoms with E-state index in [1.54, 1.807) is 0 Å². The quantitative estimate of drug-likeness (QED) is 0.909. The lowest BCUT2D eigenvalue weighted by Gasteiger charge is -2.42. The SMILES string of the molecule is CN1CCC(CN[C@H]2CCOC2)(c2ccccc2)CC1. The normalized spacial score (nSPS) is 26.8. The third-order valence-electron chi connectivity index (χ3n) is 4.99. The van der Waals surface area contributed by atoms with Gasteiger partial charge in [-0.15, -0.1) is 0 Å². The topological polar surface area (TPSA) is 24.5 Å². The second-order valence-electron chi connectivity index (χ2n) is 6.39. The van der Waals surface area contributed by atoms with E-state index in [4.69, 9.17) is 4.74 Å². The molecule has 3 nitrogen and oxygen atoms in total. The number of likely N-dealkylation sites (tertiary alicyclic amines) is 1. The minimum atomic E-state index is 0.302. The van der Waals surface area contributed by atoms with Crippen LogP contribution in [0.15, 0.2) is 30.3 Å². The maximum absolute atomic E-state index is 5.48. The van der Waals surface area contributed by atoms with Crippen molar-refractivity contribution < 1.29 is 4.74 Å². The van der Waals surface area contributed by atoms with Crippen molar-refractivity contribution in [3.05, 3.63) is 35.9 Å². The van der Waals surface area contributed by atoms with Gasteiger partial charge in [-0.3, -0.25) is 0 Å². The largest absolute Gasteiger partial charge is 0.380 e. The van der Waals surface area contributed by atoms with Crippen LogP contribution in [0.2, 0.25) is 0 Å². The Labute approximate surface area is 122 Å². The molecule has 0 bridgehead atoms. The van der Waals surface area contributed by atoms with Crippen molar-refractivity contribution in [2.24, 2.45) is 0 Å². The van der Waals surface area contributed by atoms with Gasteiger partial charge in [0.15, 0.2) is 0 Å². The van der Waals surface area contributed by atoms with Crippen molar-refractivity contribution in [1.82, 2.24) is 10.2 Å². The summed E-state index contributed by atoms with van der Waals surface area (Å²) in [6.45, 7) is 5.26. The predicted octanol–water partition coefficient (Wildman–Crippen LogP) is 2.03. The zero-order valence-electron chi connectivity index (χ0n) is 12.5. The van der Waals surface area contributed by atoms with Crippen LogP contribution in [0.3, 0.4) is 0 Å². The number of ether oxygens (including phenoxy) is 1. The molecule has 1 aromatic rings.